The number of carbonyl (C=O) groups is 1. The first-order valence-electron chi connectivity index (χ1n) is 14.2. The molecule has 3 aromatic rings. The van der Waals surface area contributed by atoms with E-state index in [1.807, 2.05) is 0 Å². The van der Waals surface area contributed by atoms with Crippen molar-refractivity contribution in [3.05, 3.63) is 76.0 Å². The Bertz CT molecular complexity index is 1310. The van der Waals surface area contributed by atoms with Gasteiger partial charge in [0.1, 0.15) is 5.82 Å². The van der Waals surface area contributed by atoms with Gasteiger partial charge in [-0.25, -0.2) is 9.78 Å². The summed E-state index contributed by atoms with van der Waals surface area (Å²) in [6, 6.07) is 15.8. The third-order valence-corrected chi connectivity index (χ3v) is 7.46. The summed E-state index contributed by atoms with van der Waals surface area (Å²) in [5.41, 5.74) is 8.97. The molecule has 0 aliphatic carbocycles. The van der Waals surface area contributed by atoms with Crippen LogP contribution >= 0.6 is 0 Å². The van der Waals surface area contributed by atoms with Gasteiger partial charge >= 0.3 is 12.1 Å². The predicted molar refractivity (Wildman–Crippen MR) is 158 cm³/mol. The second kappa shape index (κ2) is 13.8. The normalized spacial score (nSPS) is 13.9. The first kappa shape index (κ1) is 31.9. The molecule has 0 bridgehead atoms. The van der Waals surface area contributed by atoms with E-state index in [0.717, 1.165) is 49.8 Å². The van der Waals surface area contributed by atoms with Crippen LogP contribution in [0.5, 0.6) is 0 Å². The van der Waals surface area contributed by atoms with Crippen molar-refractivity contribution in [2.24, 2.45) is 0 Å². The summed E-state index contributed by atoms with van der Waals surface area (Å²) in [6.45, 7) is 15.2. The third kappa shape index (κ3) is 8.21. The van der Waals surface area contributed by atoms with Gasteiger partial charge in [0.05, 0.1) is 0 Å². The van der Waals surface area contributed by atoms with E-state index in [0.29, 0.717) is 6.04 Å². The van der Waals surface area contributed by atoms with Gasteiger partial charge in [-0.1, -0.05) is 48.0 Å². The maximum Gasteiger partial charge on any atom is 0.490 e. The van der Waals surface area contributed by atoms with E-state index < -0.39 is 12.1 Å². The van der Waals surface area contributed by atoms with Crippen LogP contribution < -0.4 is 9.80 Å². The number of carboxylic acid groups (broad SMARTS) is 1. The molecule has 41 heavy (non-hydrogen) atoms. The molecule has 1 aliphatic heterocycles. The number of halogens is 3. The largest absolute Gasteiger partial charge is 0.490 e. The number of carboxylic acids is 1. The second-order valence-electron chi connectivity index (χ2n) is 10.7. The Balaban J connectivity index is 0.000000587. The molecule has 2 heterocycles. The molecule has 1 aromatic heterocycles. The van der Waals surface area contributed by atoms with Crippen molar-refractivity contribution in [3.63, 3.8) is 0 Å². The van der Waals surface area contributed by atoms with Crippen LogP contribution in [0.25, 0.3) is 0 Å². The van der Waals surface area contributed by atoms with Gasteiger partial charge in [0.15, 0.2) is 0 Å². The summed E-state index contributed by atoms with van der Waals surface area (Å²) in [7, 11) is 0. The molecule has 1 atom stereocenters. The van der Waals surface area contributed by atoms with Gasteiger partial charge in [0, 0.05) is 36.1 Å². The number of hydrogen-bond donors (Lipinski definition) is 1. The van der Waals surface area contributed by atoms with Crippen molar-refractivity contribution in [2.45, 2.75) is 85.9 Å². The van der Waals surface area contributed by atoms with E-state index in [-0.39, 0.29) is 0 Å². The summed E-state index contributed by atoms with van der Waals surface area (Å²) < 4.78 is 31.7. The lowest BCUT2D eigenvalue weighted by Gasteiger charge is -2.33. The molecular formula is C32H41F3N4O2. The third-order valence-electron chi connectivity index (χ3n) is 7.46. The molecule has 6 nitrogen and oxygen atoms in total. The molecule has 1 unspecified atom stereocenters. The average Bonchev–Trinajstić information content (AvgIpc) is 3.12. The minimum atomic E-state index is -5.08. The van der Waals surface area contributed by atoms with Crippen LogP contribution in [-0.2, 0) is 17.6 Å². The maximum atomic E-state index is 10.6. The van der Waals surface area contributed by atoms with Gasteiger partial charge in [0.25, 0.3) is 0 Å². The number of aromatic nitrogens is 2. The monoisotopic (exact) mass is 570 g/mol. The molecule has 0 radical (unpaired) electrons. The summed E-state index contributed by atoms with van der Waals surface area (Å²) in [4.78, 5) is 24.1. The number of aliphatic carboxylic acids is 1. The van der Waals surface area contributed by atoms with Crippen LogP contribution in [-0.4, -0.2) is 46.4 Å². The van der Waals surface area contributed by atoms with Gasteiger partial charge in [-0.15, -0.1) is 0 Å². The second-order valence-corrected chi connectivity index (χ2v) is 10.7. The molecule has 1 aliphatic rings. The average molecular weight is 571 g/mol. The molecule has 0 spiro atoms. The van der Waals surface area contributed by atoms with Crippen LogP contribution in [0.2, 0.25) is 0 Å². The number of aryl methyl sites for hydroxylation is 5. The van der Waals surface area contributed by atoms with Gasteiger partial charge in [-0.2, -0.15) is 18.2 Å². The van der Waals surface area contributed by atoms with Crippen LogP contribution in [0.1, 0.15) is 66.6 Å². The van der Waals surface area contributed by atoms with Gasteiger partial charge in [0.2, 0.25) is 5.95 Å². The van der Waals surface area contributed by atoms with E-state index >= 15 is 0 Å². The Kier molecular flexibility index (Phi) is 10.8. The Morgan fingerprint density at radius 2 is 1.66 bits per heavy atom. The number of hydrogen-bond acceptors (Lipinski definition) is 5. The van der Waals surface area contributed by atoms with Crippen molar-refractivity contribution >= 4 is 23.4 Å². The van der Waals surface area contributed by atoms with Crippen LogP contribution in [0, 0.1) is 27.7 Å². The van der Waals surface area contributed by atoms with Crippen molar-refractivity contribution < 1.29 is 23.1 Å². The quantitative estimate of drug-likeness (QED) is 0.314. The number of anilines is 3. The summed E-state index contributed by atoms with van der Waals surface area (Å²) in [5.74, 6) is -0.773. The lowest BCUT2D eigenvalue weighted by atomic mass is 10.0. The van der Waals surface area contributed by atoms with Crippen molar-refractivity contribution in [3.8, 4) is 0 Å². The van der Waals surface area contributed by atoms with Crippen molar-refractivity contribution in [1.29, 1.82) is 0 Å². The number of benzene rings is 2. The number of rotatable bonds is 7. The van der Waals surface area contributed by atoms with Gasteiger partial charge < -0.3 is 14.9 Å². The van der Waals surface area contributed by atoms with E-state index in [1.54, 1.807) is 0 Å². The highest BCUT2D eigenvalue weighted by molar-refractivity contribution is 5.73. The molecule has 0 amide bonds. The lowest BCUT2D eigenvalue weighted by Crippen LogP contribution is -2.36. The van der Waals surface area contributed by atoms with Crippen molar-refractivity contribution in [1.82, 2.24) is 9.97 Å². The Labute approximate surface area is 241 Å². The number of fused-ring (bicyclic) bond motifs is 1. The Morgan fingerprint density at radius 3 is 2.22 bits per heavy atom. The Morgan fingerprint density at radius 1 is 1.05 bits per heavy atom. The highest BCUT2D eigenvalue weighted by Gasteiger charge is 2.38. The predicted octanol–water partition coefficient (Wildman–Crippen LogP) is 7.67. The van der Waals surface area contributed by atoms with Crippen LogP contribution in [0.15, 0.2) is 42.5 Å². The first-order valence-corrected chi connectivity index (χ1v) is 14.2. The standard InChI is InChI=1S/C30H40N4.C2HF3O2/c1-7-33(28-22(3)19-21(2)20-23(28)4)30-31-25(6)27-15-11-12-18-34(29(27)32-30)24(5)16-17-26-13-9-8-10-14-26;3-2(4,5)1(6)7/h8-10,13-14,19-20,24H,7,11-12,15-18H2,1-6H3;(H,6,7). The minimum absolute atomic E-state index is 0.428. The van der Waals surface area contributed by atoms with E-state index in [9.17, 15) is 13.2 Å². The Hall–Kier alpha value is -3.62. The highest BCUT2D eigenvalue weighted by atomic mass is 19.4. The summed E-state index contributed by atoms with van der Waals surface area (Å²) in [6.07, 6.45) is 0.599. The fourth-order valence-corrected chi connectivity index (χ4v) is 5.51. The van der Waals surface area contributed by atoms with E-state index in [2.05, 4.69) is 93.8 Å². The fraction of sp³-hybridized carbons (Fsp3) is 0.469. The molecule has 2 aromatic carbocycles. The first-order chi connectivity index (χ1) is 19.3. The molecule has 1 N–H and O–H groups in total. The number of alkyl halides is 3. The minimum Gasteiger partial charge on any atom is -0.475 e. The van der Waals surface area contributed by atoms with Crippen molar-refractivity contribution in [2.75, 3.05) is 22.9 Å². The molecule has 222 valence electrons. The molecular weight excluding hydrogens is 529 g/mol. The van der Waals surface area contributed by atoms with Crippen LogP contribution in [0.3, 0.4) is 0 Å². The zero-order valence-electron chi connectivity index (χ0n) is 24.8. The zero-order valence-corrected chi connectivity index (χ0v) is 24.8. The lowest BCUT2D eigenvalue weighted by molar-refractivity contribution is -0.192. The topological polar surface area (TPSA) is 69.6 Å². The molecule has 4 rings (SSSR count). The maximum absolute atomic E-state index is 10.6. The highest BCUT2D eigenvalue weighted by Crippen LogP contribution is 2.35. The zero-order chi connectivity index (χ0) is 30.3. The molecule has 0 saturated heterocycles. The van der Waals surface area contributed by atoms with E-state index in [4.69, 9.17) is 19.9 Å². The number of nitrogens with zero attached hydrogens (tertiary/aromatic N) is 4. The summed E-state index contributed by atoms with van der Waals surface area (Å²) in [5, 5.41) is 7.12. The van der Waals surface area contributed by atoms with Crippen LogP contribution in [0.4, 0.5) is 30.6 Å². The smallest absolute Gasteiger partial charge is 0.475 e. The molecule has 0 fully saturated rings. The fourth-order valence-electron chi connectivity index (χ4n) is 5.51. The molecule has 9 heteroatoms. The summed E-state index contributed by atoms with van der Waals surface area (Å²) >= 11 is 0. The van der Waals surface area contributed by atoms with Gasteiger partial charge in [-0.3, -0.25) is 0 Å². The van der Waals surface area contributed by atoms with Gasteiger partial charge in [-0.05, 0) is 90.3 Å². The SMILES string of the molecule is CCN(c1nc(C)c2c(n1)N(C(C)CCc1ccccc1)CCCC2)c1c(C)cc(C)cc1C.O=C(O)C(F)(F)F. The van der Waals surface area contributed by atoms with E-state index in [1.165, 1.54) is 46.3 Å². The molecule has 0 saturated carbocycles.